The van der Waals surface area contributed by atoms with Crippen molar-refractivity contribution in [2.24, 2.45) is 0 Å². The third-order valence-corrected chi connectivity index (χ3v) is 5.85. The van der Waals surface area contributed by atoms with Gasteiger partial charge in [-0.1, -0.05) is 24.3 Å². The Labute approximate surface area is 183 Å². The Kier molecular flexibility index (Phi) is 7.25. The van der Waals surface area contributed by atoms with Gasteiger partial charge in [0, 0.05) is 30.7 Å². The van der Waals surface area contributed by atoms with E-state index in [1.165, 1.54) is 0 Å². The van der Waals surface area contributed by atoms with E-state index >= 15 is 0 Å². The molecule has 0 radical (unpaired) electrons. The zero-order valence-corrected chi connectivity index (χ0v) is 17.9. The van der Waals surface area contributed by atoms with Gasteiger partial charge in [0.05, 0.1) is 30.6 Å². The maximum Gasteiger partial charge on any atom is 0.137 e. The number of nitrogens with zero attached hydrogens (tertiary/aromatic N) is 3. The number of aromatic nitrogens is 2. The van der Waals surface area contributed by atoms with Crippen LogP contribution >= 0.6 is 0 Å². The fourth-order valence-electron chi connectivity index (χ4n) is 4.11. The molecule has 1 saturated heterocycles. The topological polar surface area (TPSA) is 70.5 Å². The molecule has 162 valence electrons. The molecule has 1 aliphatic rings. The van der Waals surface area contributed by atoms with Gasteiger partial charge in [0.25, 0.3) is 0 Å². The van der Waals surface area contributed by atoms with Crippen LogP contribution in [0.15, 0.2) is 60.9 Å². The van der Waals surface area contributed by atoms with Gasteiger partial charge in [0.1, 0.15) is 5.75 Å². The lowest BCUT2D eigenvalue weighted by molar-refractivity contribution is 0.0955. The smallest absolute Gasteiger partial charge is 0.137 e. The van der Waals surface area contributed by atoms with Crippen LogP contribution in [0.5, 0.6) is 5.75 Å². The predicted molar refractivity (Wildman–Crippen MR) is 124 cm³/mol. The lowest BCUT2D eigenvalue weighted by Gasteiger charge is -2.33. The molecule has 1 atom stereocenters. The lowest BCUT2D eigenvalue weighted by atomic mass is 10.0. The number of methoxy groups -OCH3 is 1. The second-order valence-electron chi connectivity index (χ2n) is 7.94. The molecule has 2 N–H and O–H groups in total. The van der Waals surface area contributed by atoms with Gasteiger partial charge >= 0.3 is 0 Å². The third kappa shape index (κ3) is 5.67. The molecular formula is C25H30N4O2. The number of rotatable bonds is 8. The van der Waals surface area contributed by atoms with Crippen LogP contribution in [0.25, 0.3) is 17.0 Å². The van der Waals surface area contributed by atoms with E-state index in [9.17, 15) is 5.11 Å². The average molecular weight is 419 g/mol. The van der Waals surface area contributed by atoms with E-state index in [2.05, 4.69) is 26.3 Å². The summed E-state index contributed by atoms with van der Waals surface area (Å²) in [6.45, 7) is 3.42. The van der Waals surface area contributed by atoms with Gasteiger partial charge in [-0.2, -0.15) is 0 Å². The van der Waals surface area contributed by atoms with E-state index in [4.69, 9.17) is 4.74 Å². The summed E-state index contributed by atoms with van der Waals surface area (Å²) < 4.78 is 5.31. The molecule has 0 spiro atoms. The first-order chi connectivity index (χ1) is 15.2. The summed E-state index contributed by atoms with van der Waals surface area (Å²) in [5, 5.41) is 15.5. The van der Waals surface area contributed by atoms with E-state index in [0.29, 0.717) is 18.3 Å². The van der Waals surface area contributed by atoms with Crippen LogP contribution in [-0.2, 0) is 0 Å². The number of hydrogen-bond donors (Lipinski definition) is 2. The molecule has 0 aliphatic carbocycles. The van der Waals surface area contributed by atoms with E-state index in [0.717, 1.165) is 54.6 Å². The van der Waals surface area contributed by atoms with E-state index < -0.39 is 6.10 Å². The van der Waals surface area contributed by atoms with E-state index in [1.54, 1.807) is 13.3 Å². The highest BCUT2D eigenvalue weighted by Gasteiger charge is 2.22. The van der Waals surface area contributed by atoms with Crippen molar-refractivity contribution in [2.75, 3.05) is 33.3 Å². The highest BCUT2D eigenvalue weighted by atomic mass is 16.5. The summed E-state index contributed by atoms with van der Waals surface area (Å²) in [5.74, 6) is 0.705. The normalized spacial score (nSPS) is 16.7. The number of β-amino-alcohol motifs (C(OH)–C–C–N with tert-alkyl or cyclic N) is 1. The first kappa shape index (κ1) is 21.4. The van der Waals surface area contributed by atoms with Gasteiger partial charge in [-0.05, 0) is 61.8 Å². The van der Waals surface area contributed by atoms with Crippen molar-refractivity contribution in [1.82, 2.24) is 20.2 Å². The second kappa shape index (κ2) is 10.5. The Hall–Kier alpha value is -2.80. The number of aliphatic hydroxyl groups excluding tert-OH is 1. The van der Waals surface area contributed by atoms with Crippen LogP contribution in [0.1, 0.15) is 30.2 Å². The Morgan fingerprint density at radius 2 is 2.06 bits per heavy atom. The number of benzene rings is 1. The zero-order chi connectivity index (χ0) is 21.5. The molecule has 1 aliphatic heterocycles. The molecule has 3 heterocycles. The highest BCUT2D eigenvalue weighted by Crippen LogP contribution is 2.27. The number of pyridine rings is 2. The van der Waals surface area contributed by atoms with Crippen LogP contribution in [0.4, 0.5) is 0 Å². The first-order valence-electron chi connectivity index (χ1n) is 10.9. The summed E-state index contributed by atoms with van der Waals surface area (Å²) in [6.07, 6.45) is 9.30. The Bertz CT molecular complexity index is 1000. The second-order valence-corrected chi connectivity index (χ2v) is 7.94. The molecule has 4 rings (SSSR count). The van der Waals surface area contributed by atoms with Gasteiger partial charge < -0.3 is 20.1 Å². The van der Waals surface area contributed by atoms with Crippen molar-refractivity contribution >= 4 is 17.0 Å². The highest BCUT2D eigenvalue weighted by molar-refractivity contribution is 5.83. The SMILES string of the molecule is COc1cnc2cccc(C(O)CN3CCC(NCC=Cc4ccccn4)CC3)c2c1. The summed E-state index contributed by atoms with van der Waals surface area (Å²) >= 11 is 0. The van der Waals surface area contributed by atoms with Crippen LogP contribution in [0.3, 0.4) is 0 Å². The van der Waals surface area contributed by atoms with Crippen molar-refractivity contribution in [2.45, 2.75) is 25.0 Å². The molecule has 6 nitrogen and oxygen atoms in total. The van der Waals surface area contributed by atoms with Crippen LogP contribution < -0.4 is 10.1 Å². The molecule has 0 amide bonds. The molecule has 6 heteroatoms. The number of nitrogens with one attached hydrogen (secondary N) is 1. The number of piperidine rings is 1. The third-order valence-electron chi connectivity index (χ3n) is 5.85. The molecule has 1 aromatic carbocycles. The molecule has 1 unspecified atom stereocenters. The predicted octanol–water partition coefficient (Wildman–Crippen LogP) is 3.44. The summed E-state index contributed by atoms with van der Waals surface area (Å²) in [5.41, 5.74) is 2.76. The molecule has 0 saturated carbocycles. The number of aliphatic hydroxyl groups is 1. The number of hydrogen-bond acceptors (Lipinski definition) is 6. The van der Waals surface area contributed by atoms with E-state index in [1.807, 2.05) is 54.7 Å². The number of fused-ring (bicyclic) bond motifs is 1. The molecule has 1 fully saturated rings. The van der Waals surface area contributed by atoms with E-state index in [-0.39, 0.29) is 0 Å². The molecule has 3 aromatic rings. The van der Waals surface area contributed by atoms with Crippen molar-refractivity contribution in [3.63, 3.8) is 0 Å². The minimum atomic E-state index is -0.552. The van der Waals surface area contributed by atoms with Gasteiger partial charge in [0.2, 0.25) is 0 Å². The van der Waals surface area contributed by atoms with Gasteiger partial charge in [-0.25, -0.2) is 0 Å². The summed E-state index contributed by atoms with van der Waals surface area (Å²) in [6, 6.07) is 14.3. The van der Waals surface area contributed by atoms with Crippen molar-refractivity contribution in [3.05, 3.63) is 72.2 Å². The quantitative estimate of drug-likeness (QED) is 0.584. The standard InChI is InChI=1S/C25H30N4O2/c1-31-21-16-23-22(8-4-9-24(23)28-17-21)25(30)18-29-14-10-20(11-15-29)27-13-5-7-19-6-2-3-12-26-19/h2-9,12,16-17,20,25,27,30H,10-11,13-15,18H2,1H3. The Morgan fingerprint density at radius 3 is 2.84 bits per heavy atom. The minimum absolute atomic E-state index is 0.507. The van der Waals surface area contributed by atoms with Crippen LogP contribution in [0, 0.1) is 0 Å². The fourth-order valence-corrected chi connectivity index (χ4v) is 4.11. The molecular weight excluding hydrogens is 388 g/mol. The average Bonchev–Trinajstić information content (AvgIpc) is 2.82. The van der Waals surface area contributed by atoms with Gasteiger partial charge in [-0.3, -0.25) is 9.97 Å². The van der Waals surface area contributed by atoms with Crippen molar-refractivity contribution < 1.29 is 9.84 Å². The number of likely N-dealkylation sites (tertiary alicyclic amines) is 1. The summed E-state index contributed by atoms with van der Waals surface area (Å²) in [7, 11) is 1.63. The maximum atomic E-state index is 10.9. The fraction of sp³-hybridized carbons (Fsp3) is 0.360. The van der Waals surface area contributed by atoms with Crippen LogP contribution in [0.2, 0.25) is 0 Å². The number of ether oxygens (including phenoxy) is 1. The monoisotopic (exact) mass is 418 g/mol. The Morgan fingerprint density at radius 1 is 1.19 bits per heavy atom. The zero-order valence-electron chi connectivity index (χ0n) is 17.9. The van der Waals surface area contributed by atoms with Crippen molar-refractivity contribution in [3.8, 4) is 5.75 Å². The molecule has 0 bridgehead atoms. The first-order valence-corrected chi connectivity index (χ1v) is 10.9. The lowest BCUT2D eigenvalue weighted by Crippen LogP contribution is -2.43. The largest absolute Gasteiger partial charge is 0.495 e. The molecule has 31 heavy (non-hydrogen) atoms. The minimum Gasteiger partial charge on any atom is -0.495 e. The maximum absolute atomic E-state index is 10.9. The van der Waals surface area contributed by atoms with Gasteiger partial charge in [0.15, 0.2) is 0 Å². The molecule has 2 aromatic heterocycles. The Balaban J connectivity index is 1.27. The van der Waals surface area contributed by atoms with Crippen LogP contribution in [-0.4, -0.2) is 59.3 Å². The summed E-state index contributed by atoms with van der Waals surface area (Å²) in [4.78, 5) is 11.1. The van der Waals surface area contributed by atoms with Crippen molar-refractivity contribution in [1.29, 1.82) is 0 Å². The van der Waals surface area contributed by atoms with Gasteiger partial charge in [-0.15, -0.1) is 0 Å².